The van der Waals surface area contributed by atoms with Crippen molar-refractivity contribution < 1.29 is 43.5 Å². The van der Waals surface area contributed by atoms with Crippen molar-refractivity contribution in [2.45, 2.75) is 50.9 Å². The number of aromatic amines is 1. The van der Waals surface area contributed by atoms with Gasteiger partial charge < -0.3 is 33.9 Å². The number of carbonyl (C=O) groups excluding carboxylic acids is 2. The van der Waals surface area contributed by atoms with Gasteiger partial charge in [-0.1, -0.05) is 0 Å². The van der Waals surface area contributed by atoms with Gasteiger partial charge in [0, 0.05) is 32.5 Å². The molecule has 0 aliphatic carbocycles. The van der Waals surface area contributed by atoms with Crippen LogP contribution in [0.3, 0.4) is 0 Å². The van der Waals surface area contributed by atoms with Crippen LogP contribution in [0.5, 0.6) is 0 Å². The van der Waals surface area contributed by atoms with E-state index in [-0.39, 0.29) is 26.4 Å². The van der Waals surface area contributed by atoms with Crippen molar-refractivity contribution in [2.75, 3.05) is 26.6 Å². The van der Waals surface area contributed by atoms with Crippen LogP contribution >= 0.6 is 0 Å². The number of H-pyrrole nitrogens is 1. The van der Waals surface area contributed by atoms with Gasteiger partial charge in [0.2, 0.25) is 0 Å². The first kappa shape index (κ1) is 24.7. The van der Waals surface area contributed by atoms with Gasteiger partial charge in [0.05, 0.1) is 13.2 Å². The Labute approximate surface area is 176 Å². The van der Waals surface area contributed by atoms with E-state index in [1.807, 2.05) is 0 Å². The van der Waals surface area contributed by atoms with Crippen LogP contribution in [0.25, 0.3) is 0 Å². The quantitative estimate of drug-likeness (QED) is 0.195. The summed E-state index contributed by atoms with van der Waals surface area (Å²) in [5, 5.41) is 19.7. The highest BCUT2D eigenvalue weighted by Crippen LogP contribution is 2.30. The third-order valence-corrected chi connectivity index (χ3v) is 4.35. The highest BCUT2D eigenvalue weighted by molar-refractivity contribution is 5.67. The Morgan fingerprint density at radius 3 is 2.65 bits per heavy atom. The van der Waals surface area contributed by atoms with Crippen LogP contribution in [0, 0.1) is 0 Å². The van der Waals surface area contributed by atoms with E-state index >= 15 is 0 Å². The summed E-state index contributed by atoms with van der Waals surface area (Å²) in [6.07, 6.45) is -3.77. The highest BCUT2D eigenvalue weighted by atomic mass is 16.7. The van der Waals surface area contributed by atoms with E-state index in [0.29, 0.717) is 0 Å². The largest absolute Gasteiger partial charge is 0.462 e. The topological polar surface area (TPSA) is 176 Å². The number of hydrogen-bond donors (Lipinski definition) is 3. The molecule has 0 amide bonds. The molecule has 3 N–H and O–H groups in total. The Balaban J connectivity index is 1.91. The second-order valence-corrected chi connectivity index (χ2v) is 6.74. The number of aromatic nitrogens is 2. The van der Waals surface area contributed by atoms with Gasteiger partial charge in [0.1, 0.15) is 37.8 Å². The minimum Gasteiger partial charge on any atom is -0.462 e. The van der Waals surface area contributed by atoms with Crippen molar-refractivity contribution in [1.82, 2.24) is 9.55 Å². The first-order valence-electron chi connectivity index (χ1n) is 9.48. The van der Waals surface area contributed by atoms with Crippen LogP contribution in [-0.4, -0.2) is 82.7 Å². The maximum atomic E-state index is 12.0. The molecule has 0 aromatic carbocycles. The van der Waals surface area contributed by atoms with Crippen molar-refractivity contribution in [2.24, 2.45) is 0 Å². The number of ether oxygens (including phenoxy) is 5. The Morgan fingerprint density at radius 1 is 1.29 bits per heavy atom. The number of esters is 2. The lowest BCUT2D eigenvalue weighted by atomic mass is 10.1. The molecule has 1 aromatic rings. The van der Waals surface area contributed by atoms with Crippen molar-refractivity contribution in [3.8, 4) is 0 Å². The molecular weight excluding hydrogens is 420 g/mol. The van der Waals surface area contributed by atoms with E-state index in [0.717, 1.165) is 10.6 Å². The SMILES string of the molecule is CC(=O)OCC(CCOCO[C@H]1C(O)[C@@H](CO)O[C@H]1n1ccc(=O)[nH]c1=O)OC(C)=O. The fourth-order valence-electron chi connectivity index (χ4n) is 2.92. The Bertz CT molecular complexity index is 851. The summed E-state index contributed by atoms with van der Waals surface area (Å²) in [7, 11) is 0. The summed E-state index contributed by atoms with van der Waals surface area (Å²) in [4.78, 5) is 47.4. The third-order valence-electron chi connectivity index (χ3n) is 4.35. The number of aliphatic hydroxyl groups is 2. The first-order valence-corrected chi connectivity index (χ1v) is 9.48. The Morgan fingerprint density at radius 2 is 2.03 bits per heavy atom. The maximum Gasteiger partial charge on any atom is 0.330 e. The van der Waals surface area contributed by atoms with E-state index in [9.17, 15) is 29.4 Å². The second kappa shape index (κ2) is 11.7. The van der Waals surface area contributed by atoms with Gasteiger partial charge in [-0.25, -0.2) is 4.79 Å². The van der Waals surface area contributed by atoms with Gasteiger partial charge in [-0.2, -0.15) is 0 Å². The summed E-state index contributed by atoms with van der Waals surface area (Å²) in [5.41, 5.74) is -1.37. The van der Waals surface area contributed by atoms with Crippen molar-refractivity contribution in [3.05, 3.63) is 33.1 Å². The summed E-state index contributed by atoms with van der Waals surface area (Å²) < 4.78 is 27.2. The fraction of sp³-hybridized carbons (Fsp3) is 0.667. The van der Waals surface area contributed by atoms with Gasteiger partial charge in [0.25, 0.3) is 5.56 Å². The maximum absolute atomic E-state index is 12.0. The zero-order valence-electron chi connectivity index (χ0n) is 17.1. The molecule has 0 saturated carbocycles. The molecule has 0 spiro atoms. The molecule has 0 radical (unpaired) electrons. The minimum atomic E-state index is -1.27. The zero-order chi connectivity index (χ0) is 23.0. The van der Waals surface area contributed by atoms with Crippen LogP contribution in [-0.2, 0) is 33.3 Å². The fourth-order valence-corrected chi connectivity index (χ4v) is 2.92. The van der Waals surface area contributed by atoms with Crippen LogP contribution in [0.4, 0.5) is 0 Å². The standard InChI is InChI=1S/C18H26N2O11/c1-10(22)28-8-12(30-11(2)23)4-6-27-9-29-16-15(25)13(7-21)31-17(16)20-5-3-14(24)19-18(20)26/h3,5,12-13,15-17,21,25H,4,6-9H2,1-2H3,(H,19,24,26)/t12?,13-,15?,16+,17-/m1/s1. The number of carbonyl (C=O) groups is 2. The molecule has 13 heteroatoms. The van der Waals surface area contributed by atoms with Gasteiger partial charge in [0.15, 0.2) is 6.23 Å². The monoisotopic (exact) mass is 446 g/mol. The predicted molar refractivity (Wildman–Crippen MR) is 101 cm³/mol. The van der Waals surface area contributed by atoms with E-state index in [1.54, 1.807) is 0 Å². The normalized spacial score (nSPS) is 24.0. The molecule has 2 rings (SSSR count). The second-order valence-electron chi connectivity index (χ2n) is 6.74. The number of hydrogen-bond acceptors (Lipinski definition) is 11. The van der Waals surface area contributed by atoms with Crippen LogP contribution in [0.1, 0.15) is 26.5 Å². The summed E-state index contributed by atoms with van der Waals surface area (Å²) in [5.74, 6) is -1.05. The highest BCUT2D eigenvalue weighted by Gasteiger charge is 2.45. The summed E-state index contributed by atoms with van der Waals surface area (Å²) in [6.45, 7) is 1.56. The van der Waals surface area contributed by atoms with Crippen LogP contribution in [0.2, 0.25) is 0 Å². The van der Waals surface area contributed by atoms with Crippen LogP contribution in [0.15, 0.2) is 21.9 Å². The number of rotatable bonds is 11. The molecule has 1 aliphatic heterocycles. The molecule has 1 fully saturated rings. The molecule has 1 aliphatic rings. The Kier molecular flexibility index (Phi) is 9.33. The lowest BCUT2D eigenvalue weighted by Crippen LogP contribution is -2.39. The van der Waals surface area contributed by atoms with Gasteiger partial charge in [-0.15, -0.1) is 0 Å². The molecular formula is C18H26N2O11. The lowest BCUT2D eigenvalue weighted by molar-refractivity contribution is -0.161. The van der Waals surface area contributed by atoms with E-state index in [4.69, 9.17) is 23.7 Å². The predicted octanol–water partition coefficient (Wildman–Crippen LogP) is -1.97. The molecule has 2 heterocycles. The van der Waals surface area contributed by atoms with E-state index < -0.39 is 60.4 Å². The average Bonchev–Trinajstić information content (AvgIpc) is 3.00. The molecule has 2 unspecified atom stereocenters. The number of nitrogens with one attached hydrogen (secondary N) is 1. The molecule has 1 aromatic heterocycles. The van der Waals surface area contributed by atoms with Crippen LogP contribution < -0.4 is 11.2 Å². The first-order chi connectivity index (χ1) is 14.7. The van der Waals surface area contributed by atoms with Gasteiger partial charge in [-0.05, 0) is 0 Å². The van der Waals surface area contributed by atoms with E-state index in [1.165, 1.54) is 20.0 Å². The minimum absolute atomic E-state index is 0.0651. The smallest absolute Gasteiger partial charge is 0.330 e. The van der Waals surface area contributed by atoms with E-state index in [2.05, 4.69) is 4.98 Å². The average molecular weight is 446 g/mol. The molecule has 0 bridgehead atoms. The Hall–Kier alpha value is -2.58. The molecule has 31 heavy (non-hydrogen) atoms. The summed E-state index contributed by atoms with van der Waals surface area (Å²) in [6, 6.07) is 1.11. The van der Waals surface area contributed by atoms with Crippen molar-refractivity contribution in [1.29, 1.82) is 0 Å². The molecule has 13 nitrogen and oxygen atoms in total. The van der Waals surface area contributed by atoms with Crippen molar-refractivity contribution in [3.63, 3.8) is 0 Å². The lowest BCUT2D eigenvalue weighted by Gasteiger charge is -2.22. The molecule has 1 saturated heterocycles. The molecule has 174 valence electrons. The van der Waals surface area contributed by atoms with Gasteiger partial charge >= 0.3 is 17.6 Å². The van der Waals surface area contributed by atoms with Crippen molar-refractivity contribution >= 4 is 11.9 Å². The number of aliphatic hydroxyl groups excluding tert-OH is 2. The van der Waals surface area contributed by atoms with Gasteiger partial charge in [-0.3, -0.25) is 23.9 Å². The number of nitrogens with zero attached hydrogens (tertiary/aromatic N) is 1. The zero-order valence-corrected chi connectivity index (χ0v) is 17.1. The third kappa shape index (κ3) is 7.25. The molecule has 5 atom stereocenters. The summed E-state index contributed by atoms with van der Waals surface area (Å²) >= 11 is 0.